The van der Waals surface area contributed by atoms with Crippen LogP contribution in [0.4, 0.5) is 0 Å². The van der Waals surface area contributed by atoms with Crippen molar-refractivity contribution in [2.75, 3.05) is 13.1 Å². The second kappa shape index (κ2) is 35.6. The molecule has 2 nitrogen and oxygen atoms in total. The second-order valence-corrected chi connectivity index (χ2v) is 15.4. The van der Waals surface area contributed by atoms with Gasteiger partial charge in [-0.15, -0.1) is 0 Å². The highest BCUT2D eigenvalue weighted by Gasteiger charge is 2.24. The molecular weight excluding hydrogens is 556 g/mol. The lowest BCUT2D eigenvalue weighted by Gasteiger charge is -2.33. The van der Waals surface area contributed by atoms with Crippen LogP contribution in [0.15, 0.2) is 12.4 Å². The SMILES string of the molecule is CCCCCCCCCCCCCCCCCCCC1N(CCCCCCC)C=CN1CCCCCCCCCCCCCCC. The van der Waals surface area contributed by atoms with Gasteiger partial charge >= 0.3 is 0 Å². The van der Waals surface area contributed by atoms with E-state index in [0.717, 1.165) is 0 Å². The Hall–Kier alpha value is -0.660. The van der Waals surface area contributed by atoms with Gasteiger partial charge < -0.3 is 9.80 Å². The fraction of sp³-hybridized carbons (Fsp3) is 0.955. The van der Waals surface area contributed by atoms with Crippen molar-refractivity contribution >= 4 is 0 Å². The van der Waals surface area contributed by atoms with Crippen molar-refractivity contribution in [3.63, 3.8) is 0 Å². The quantitative estimate of drug-likeness (QED) is 0.0617. The third-order valence-electron chi connectivity index (χ3n) is 10.8. The van der Waals surface area contributed by atoms with Crippen LogP contribution in [-0.4, -0.2) is 29.1 Å². The third-order valence-corrected chi connectivity index (χ3v) is 10.8. The van der Waals surface area contributed by atoms with Crippen LogP contribution < -0.4 is 0 Å². The molecule has 1 unspecified atom stereocenters. The van der Waals surface area contributed by atoms with Gasteiger partial charge in [0.05, 0.1) is 0 Å². The zero-order chi connectivity index (χ0) is 33.0. The number of hydrogen-bond acceptors (Lipinski definition) is 2. The first kappa shape index (κ1) is 43.4. The molecule has 46 heavy (non-hydrogen) atoms. The smallest absolute Gasteiger partial charge is 0.101 e. The van der Waals surface area contributed by atoms with Crippen LogP contribution in [0.1, 0.15) is 252 Å². The van der Waals surface area contributed by atoms with Crippen LogP contribution in [0.5, 0.6) is 0 Å². The van der Waals surface area contributed by atoms with Gasteiger partial charge in [-0.25, -0.2) is 0 Å². The van der Waals surface area contributed by atoms with Crippen molar-refractivity contribution < 1.29 is 0 Å². The molecule has 0 aromatic carbocycles. The molecule has 1 atom stereocenters. The molecule has 2 heteroatoms. The molecule has 0 fully saturated rings. The van der Waals surface area contributed by atoms with Crippen molar-refractivity contribution in [1.82, 2.24) is 9.80 Å². The summed E-state index contributed by atoms with van der Waals surface area (Å²) in [7, 11) is 0. The van der Waals surface area contributed by atoms with E-state index >= 15 is 0 Å². The van der Waals surface area contributed by atoms with Gasteiger partial charge in [0.25, 0.3) is 0 Å². The fourth-order valence-corrected chi connectivity index (χ4v) is 7.60. The van der Waals surface area contributed by atoms with Gasteiger partial charge in [-0.05, 0) is 25.7 Å². The standard InChI is InChI=1S/C44H88N2/c1-4-7-10-13-15-17-19-21-22-23-24-25-27-29-31-33-36-39-44-45(40-37-34-12-9-6-3)42-43-46(44)41-38-35-32-30-28-26-20-18-16-14-11-8-5-2/h42-44H,4-41H2,1-3H3. The summed E-state index contributed by atoms with van der Waals surface area (Å²) in [6.07, 6.45) is 57.4. The highest BCUT2D eigenvalue weighted by atomic mass is 15.4. The minimum absolute atomic E-state index is 0.639. The van der Waals surface area contributed by atoms with Gasteiger partial charge in [0, 0.05) is 25.5 Å². The Kier molecular flexibility index (Phi) is 33.6. The lowest BCUT2D eigenvalue weighted by Crippen LogP contribution is -2.39. The molecule has 0 bridgehead atoms. The van der Waals surface area contributed by atoms with E-state index in [4.69, 9.17) is 0 Å². The summed E-state index contributed by atoms with van der Waals surface area (Å²) < 4.78 is 0. The highest BCUT2D eigenvalue weighted by Crippen LogP contribution is 2.24. The number of hydrogen-bond donors (Lipinski definition) is 0. The molecule has 0 saturated carbocycles. The number of nitrogens with zero attached hydrogens (tertiary/aromatic N) is 2. The predicted octanol–water partition coefficient (Wildman–Crippen LogP) is 15.5. The van der Waals surface area contributed by atoms with Crippen LogP contribution in [0.3, 0.4) is 0 Å². The minimum atomic E-state index is 0.639. The summed E-state index contributed by atoms with van der Waals surface area (Å²) >= 11 is 0. The van der Waals surface area contributed by atoms with Crippen molar-refractivity contribution in [2.45, 2.75) is 258 Å². The van der Waals surface area contributed by atoms with E-state index in [2.05, 4.69) is 43.0 Å². The Morgan fingerprint density at radius 2 is 0.500 bits per heavy atom. The lowest BCUT2D eigenvalue weighted by molar-refractivity contribution is 0.135. The van der Waals surface area contributed by atoms with E-state index in [1.807, 2.05) is 0 Å². The summed E-state index contributed by atoms with van der Waals surface area (Å²) in [6, 6.07) is 0. The van der Waals surface area contributed by atoms with Crippen molar-refractivity contribution in [1.29, 1.82) is 0 Å². The molecule has 0 aromatic heterocycles. The molecule has 274 valence electrons. The first-order valence-electron chi connectivity index (χ1n) is 22.0. The predicted molar refractivity (Wildman–Crippen MR) is 210 cm³/mol. The Morgan fingerprint density at radius 3 is 0.761 bits per heavy atom. The van der Waals surface area contributed by atoms with Crippen LogP contribution in [0, 0.1) is 0 Å². The maximum Gasteiger partial charge on any atom is 0.101 e. The van der Waals surface area contributed by atoms with E-state index in [9.17, 15) is 0 Å². The zero-order valence-electron chi connectivity index (χ0n) is 32.5. The van der Waals surface area contributed by atoms with Gasteiger partial charge in [-0.3, -0.25) is 0 Å². The van der Waals surface area contributed by atoms with Gasteiger partial charge in [0.15, 0.2) is 0 Å². The first-order valence-corrected chi connectivity index (χ1v) is 22.0. The lowest BCUT2D eigenvalue weighted by atomic mass is 10.0. The topological polar surface area (TPSA) is 6.48 Å². The van der Waals surface area contributed by atoms with E-state index in [-0.39, 0.29) is 0 Å². The Balaban J connectivity index is 2.10. The largest absolute Gasteiger partial charge is 0.356 e. The number of rotatable bonds is 38. The van der Waals surface area contributed by atoms with E-state index in [0.29, 0.717) is 6.17 Å². The summed E-state index contributed by atoms with van der Waals surface area (Å²) in [5, 5.41) is 0. The first-order chi connectivity index (χ1) is 22.8. The molecule has 0 radical (unpaired) electrons. The average molecular weight is 645 g/mol. The van der Waals surface area contributed by atoms with E-state index in [1.165, 1.54) is 244 Å². The number of unbranched alkanes of at least 4 members (excludes halogenated alkanes) is 32. The molecule has 0 spiro atoms. The molecule has 0 amide bonds. The second-order valence-electron chi connectivity index (χ2n) is 15.4. The van der Waals surface area contributed by atoms with Crippen LogP contribution in [-0.2, 0) is 0 Å². The summed E-state index contributed by atoms with van der Waals surface area (Å²) in [6.45, 7) is 9.48. The molecule has 0 saturated heterocycles. The molecule has 1 rings (SSSR count). The monoisotopic (exact) mass is 645 g/mol. The van der Waals surface area contributed by atoms with E-state index < -0.39 is 0 Å². The van der Waals surface area contributed by atoms with E-state index in [1.54, 1.807) is 0 Å². The van der Waals surface area contributed by atoms with Gasteiger partial charge in [0.1, 0.15) is 6.17 Å². The van der Waals surface area contributed by atoms with Gasteiger partial charge in [0.2, 0.25) is 0 Å². The molecule has 1 aliphatic heterocycles. The van der Waals surface area contributed by atoms with Crippen LogP contribution in [0.2, 0.25) is 0 Å². The van der Waals surface area contributed by atoms with Crippen molar-refractivity contribution in [3.05, 3.63) is 12.4 Å². The molecule has 1 heterocycles. The van der Waals surface area contributed by atoms with Crippen LogP contribution in [0.25, 0.3) is 0 Å². The van der Waals surface area contributed by atoms with Crippen molar-refractivity contribution in [3.8, 4) is 0 Å². The van der Waals surface area contributed by atoms with Gasteiger partial charge in [-0.1, -0.05) is 226 Å². The average Bonchev–Trinajstić information content (AvgIpc) is 3.45. The molecular formula is C44H88N2. The summed E-state index contributed by atoms with van der Waals surface area (Å²) in [5.41, 5.74) is 0. The van der Waals surface area contributed by atoms with Gasteiger partial charge in [-0.2, -0.15) is 0 Å². The maximum absolute atomic E-state index is 2.72. The molecule has 0 N–H and O–H groups in total. The molecule has 0 aromatic rings. The Morgan fingerprint density at radius 1 is 0.283 bits per heavy atom. The normalized spacial score (nSPS) is 14.7. The summed E-state index contributed by atoms with van der Waals surface area (Å²) in [5.74, 6) is 0. The van der Waals surface area contributed by atoms with Crippen molar-refractivity contribution in [2.24, 2.45) is 0 Å². The summed E-state index contributed by atoms with van der Waals surface area (Å²) in [4.78, 5) is 5.43. The molecule has 1 aliphatic rings. The minimum Gasteiger partial charge on any atom is -0.356 e. The Labute approximate surface area is 292 Å². The molecule has 0 aliphatic carbocycles. The maximum atomic E-state index is 2.72. The fourth-order valence-electron chi connectivity index (χ4n) is 7.60. The zero-order valence-corrected chi connectivity index (χ0v) is 32.5. The third kappa shape index (κ3) is 27.3. The van der Waals surface area contributed by atoms with Crippen LogP contribution >= 0.6 is 0 Å². The Bertz CT molecular complexity index is 601. The highest BCUT2D eigenvalue weighted by molar-refractivity contribution is 4.97.